The largest absolute Gasteiger partial charge is 0.381 e. The minimum absolute atomic E-state index is 0.0493. The maximum Gasteiger partial charge on any atom is 0.244 e. The van der Waals surface area contributed by atoms with Gasteiger partial charge >= 0.3 is 0 Å². The first-order valence-corrected chi connectivity index (χ1v) is 8.28. The molecule has 7 nitrogen and oxygen atoms in total. The summed E-state index contributed by atoms with van der Waals surface area (Å²) in [6.45, 7) is 8.47. The highest BCUT2D eigenvalue weighted by atomic mass is 16.5. The number of hydrogen-bond acceptors (Lipinski definition) is 6. The Kier molecular flexibility index (Phi) is 5.07. The molecule has 1 fully saturated rings. The van der Waals surface area contributed by atoms with Crippen LogP contribution in [0.4, 0.5) is 0 Å². The van der Waals surface area contributed by atoms with Crippen LogP contribution in [0.15, 0.2) is 10.7 Å². The lowest BCUT2D eigenvalue weighted by Gasteiger charge is -2.28. The van der Waals surface area contributed by atoms with E-state index in [1.807, 2.05) is 13.1 Å². The Hall–Kier alpha value is -1.73. The van der Waals surface area contributed by atoms with Gasteiger partial charge in [-0.15, -0.1) is 0 Å². The van der Waals surface area contributed by atoms with Gasteiger partial charge in [0, 0.05) is 36.9 Å². The van der Waals surface area contributed by atoms with Gasteiger partial charge in [0.05, 0.1) is 12.2 Å². The molecule has 3 heterocycles. The normalized spacial score (nSPS) is 17.7. The van der Waals surface area contributed by atoms with Gasteiger partial charge in [-0.2, -0.15) is 10.1 Å². The summed E-state index contributed by atoms with van der Waals surface area (Å²) in [4.78, 5) is 4.60. The molecule has 0 radical (unpaired) electrons. The van der Waals surface area contributed by atoms with Crippen LogP contribution in [0.2, 0.25) is 0 Å². The van der Waals surface area contributed by atoms with Gasteiger partial charge in [-0.1, -0.05) is 19.0 Å². The van der Waals surface area contributed by atoms with Crippen LogP contribution in [0.5, 0.6) is 0 Å². The summed E-state index contributed by atoms with van der Waals surface area (Å²) in [5, 5.41) is 14.8. The van der Waals surface area contributed by atoms with E-state index in [1.54, 1.807) is 0 Å². The Labute approximate surface area is 136 Å². The first kappa shape index (κ1) is 16.1. The summed E-state index contributed by atoms with van der Waals surface area (Å²) in [6.07, 6.45) is 3.86. The lowest BCUT2D eigenvalue weighted by molar-refractivity contribution is 0.0485. The van der Waals surface area contributed by atoms with E-state index in [2.05, 4.69) is 39.5 Å². The van der Waals surface area contributed by atoms with Crippen LogP contribution < -0.4 is 5.32 Å². The van der Waals surface area contributed by atoms with Crippen LogP contribution in [0.1, 0.15) is 61.6 Å². The summed E-state index contributed by atoms with van der Waals surface area (Å²) in [7, 11) is 0. The number of hydrogen-bond donors (Lipinski definition) is 2. The Morgan fingerprint density at radius 2 is 2.13 bits per heavy atom. The molecular formula is C16H25N5O2. The first-order valence-electron chi connectivity index (χ1n) is 8.28. The van der Waals surface area contributed by atoms with E-state index in [-0.39, 0.29) is 12.0 Å². The zero-order valence-corrected chi connectivity index (χ0v) is 14.0. The molecule has 0 bridgehead atoms. The molecule has 126 valence electrons. The number of nitrogens with one attached hydrogen (secondary N) is 2. The standard InChI is InChI=1S/C16H25N5O2/c1-10(2)15-19-16(23-21-15)14(12-4-6-22-7-5-12)17-8-13-9-18-20-11(13)3/h9-10,12,14,17H,4-8H2,1-3H3,(H,18,20)/t14-/m1/s1. The van der Waals surface area contributed by atoms with Crippen molar-refractivity contribution in [3.63, 3.8) is 0 Å². The fourth-order valence-corrected chi connectivity index (χ4v) is 2.89. The van der Waals surface area contributed by atoms with Crippen molar-refractivity contribution in [1.29, 1.82) is 0 Å². The Morgan fingerprint density at radius 3 is 2.74 bits per heavy atom. The van der Waals surface area contributed by atoms with E-state index in [9.17, 15) is 0 Å². The van der Waals surface area contributed by atoms with Crippen molar-refractivity contribution in [3.8, 4) is 0 Å². The molecule has 0 saturated carbocycles. The third-order valence-electron chi connectivity index (χ3n) is 4.42. The molecule has 1 aliphatic rings. The molecule has 23 heavy (non-hydrogen) atoms. The highest BCUT2D eigenvalue weighted by molar-refractivity contribution is 5.14. The highest BCUT2D eigenvalue weighted by Crippen LogP contribution is 2.30. The molecular weight excluding hydrogens is 294 g/mol. The van der Waals surface area contributed by atoms with E-state index >= 15 is 0 Å². The van der Waals surface area contributed by atoms with Crippen molar-refractivity contribution in [1.82, 2.24) is 25.7 Å². The number of aryl methyl sites for hydroxylation is 1. The maximum atomic E-state index is 5.55. The number of aromatic amines is 1. The summed E-state index contributed by atoms with van der Waals surface area (Å²) in [6, 6.07) is 0.0493. The molecule has 0 unspecified atom stereocenters. The molecule has 0 spiro atoms. The molecule has 2 N–H and O–H groups in total. The summed E-state index contributed by atoms with van der Waals surface area (Å²) in [5.74, 6) is 2.15. The van der Waals surface area contributed by atoms with Gasteiger partial charge in [-0.3, -0.25) is 5.10 Å². The average Bonchev–Trinajstić information content (AvgIpc) is 3.19. The van der Waals surface area contributed by atoms with E-state index in [0.29, 0.717) is 11.8 Å². The summed E-state index contributed by atoms with van der Waals surface area (Å²) >= 11 is 0. The number of ether oxygens (including phenoxy) is 1. The lowest BCUT2D eigenvalue weighted by atomic mass is 9.91. The molecule has 2 aromatic heterocycles. The van der Waals surface area contributed by atoms with E-state index < -0.39 is 0 Å². The predicted octanol–water partition coefficient (Wildman–Crippen LogP) is 2.48. The second-order valence-corrected chi connectivity index (χ2v) is 6.47. The minimum atomic E-state index is 0.0493. The zero-order valence-electron chi connectivity index (χ0n) is 14.0. The monoisotopic (exact) mass is 319 g/mol. The van der Waals surface area contributed by atoms with Crippen molar-refractivity contribution in [3.05, 3.63) is 29.2 Å². The number of nitrogens with zero attached hydrogens (tertiary/aromatic N) is 3. The Morgan fingerprint density at radius 1 is 1.35 bits per heavy atom. The smallest absolute Gasteiger partial charge is 0.244 e. The van der Waals surface area contributed by atoms with Crippen molar-refractivity contribution in [2.24, 2.45) is 5.92 Å². The van der Waals surface area contributed by atoms with Crippen LogP contribution >= 0.6 is 0 Å². The van der Waals surface area contributed by atoms with Gasteiger partial charge in [-0.25, -0.2) is 0 Å². The minimum Gasteiger partial charge on any atom is -0.381 e. The van der Waals surface area contributed by atoms with Crippen molar-refractivity contribution in [2.45, 2.75) is 52.1 Å². The molecule has 3 rings (SSSR count). The number of rotatable bonds is 6. The fraction of sp³-hybridized carbons (Fsp3) is 0.688. The summed E-state index contributed by atoms with van der Waals surface area (Å²) < 4.78 is 11.0. The second-order valence-electron chi connectivity index (χ2n) is 6.47. The molecule has 0 amide bonds. The van der Waals surface area contributed by atoms with Gasteiger partial charge in [0.2, 0.25) is 5.89 Å². The quantitative estimate of drug-likeness (QED) is 0.850. The van der Waals surface area contributed by atoms with Crippen LogP contribution in [0.25, 0.3) is 0 Å². The number of aromatic nitrogens is 4. The van der Waals surface area contributed by atoms with Gasteiger partial charge in [-0.05, 0) is 25.7 Å². The van der Waals surface area contributed by atoms with E-state index in [4.69, 9.17) is 9.26 Å². The Balaban J connectivity index is 1.76. The van der Waals surface area contributed by atoms with Crippen LogP contribution in [-0.4, -0.2) is 33.6 Å². The fourth-order valence-electron chi connectivity index (χ4n) is 2.89. The summed E-state index contributed by atoms with van der Waals surface area (Å²) in [5.41, 5.74) is 2.24. The van der Waals surface area contributed by atoms with Crippen molar-refractivity contribution < 1.29 is 9.26 Å². The SMILES string of the molecule is Cc1[nH]ncc1CN[C@@H](c1nc(C(C)C)no1)C1CCOCC1. The third-order valence-corrected chi connectivity index (χ3v) is 4.42. The third kappa shape index (κ3) is 3.79. The molecule has 1 saturated heterocycles. The van der Waals surface area contributed by atoms with Gasteiger partial charge < -0.3 is 14.6 Å². The molecule has 1 atom stereocenters. The molecule has 2 aromatic rings. The van der Waals surface area contributed by atoms with E-state index in [0.717, 1.165) is 49.7 Å². The van der Waals surface area contributed by atoms with E-state index in [1.165, 1.54) is 0 Å². The van der Waals surface area contributed by atoms with Crippen molar-refractivity contribution in [2.75, 3.05) is 13.2 Å². The van der Waals surface area contributed by atoms with Gasteiger partial charge in [0.25, 0.3) is 0 Å². The van der Waals surface area contributed by atoms with Crippen LogP contribution in [0.3, 0.4) is 0 Å². The molecule has 7 heteroatoms. The predicted molar refractivity (Wildman–Crippen MR) is 84.8 cm³/mol. The highest BCUT2D eigenvalue weighted by Gasteiger charge is 2.30. The molecule has 0 aliphatic carbocycles. The number of H-pyrrole nitrogens is 1. The first-order chi connectivity index (χ1) is 11.1. The topological polar surface area (TPSA) is 88.9 Å². The lowest BCUT2D eigenvalue weighted by Crippen LogP contribution is -2.32. The molecule has 0 aromatic carbocycles. The van der Waals surface area contributed by atoms with Gasteiger partial charge in [0.15, 0.2) is 5.82 Å². The van der Waals surface area contributed by atoms with Gasteiger partial charge in [0.1, 0.15) is 0 Å². The Bertz CT molecular complexity index is 616. The maximum absolute atomic E-state index is 5.55. The van der Waals surface area contributed by atoms with Crippen molar-refractivity contribution >= 4 is 0 Å². The molecule has 1 aliphatic heterocycles. The zero-order chi connectivity index (χ0) is 16.2. The van der Waals surface area contributed by atoms with Crippen LogP contribution in [-0.2, 0) is 11.3 Å². The average molecular weight is 319 g/mol. The second kappa shape index (κ2) is 7.23. The van der Waals surface area contributed by atoms with Crippen LogP contribution in [0, 0.1) is 12.8 Å².